The largest absolute Gasteiger partial charge is 0.454 e. The molecule has 0 aliphatic carbocycles. The third kappa shape index (κ3) is 3.37. The van der Waals surface area contributed by atoms with E-state index in [0.29, 0.717) is 29.7 Å². The van der Waals surface area contributed by atoms with Gasteiger partial charge < -0.3 is 19.1 Å². The summed E-state index contributed by atoms with van der Waals surface area (Å²) >= 11 is 6.37. The van der Waals surface area contributed by atoms with Gasteiger partial charge in [0.2, 0.25) is 12.7 Å². The van der Waals surface area contributed by atoms with Crippen molar-refractivity contribution < 1.29 is 19.0 Å². The van der Waals surface area contributed by atoms with Crippen LogP contribution in [-0.4, -0.2) is 41.8 Å². The molecule has 7 heteroatoms. The molecule has 0 spiro atoms. The van der Waals surface area contributed by atoms with Crippen LogP contribution < -0.4 is 9.47 Å². The van der Waals surface area contributed by atoms with E-state index in [1.165, 1.54) is 0 Å². The second-order valence-electron chi connectivity index (χ2n) is 6.37. The van der Waals surface area contributed by atoms with E-state index in [1.807, 2.05) is 18.2 Å². The van der Waals surface area contributed by atoms with E-state index in [9.17, 15) is 4.79 Å². The van der Waals surface area contributed by atoms with Gasteiger partial charge in [-0.2, -0.15) is 0 Å². The van der Waals surface area contributed by atoms with E-state index in [4.69, 9.17) is 25.8 Å². The summed E-state index contributed by atoms with van der Waals surface area (Å²) < 4.78 is 16.4. The van der Waals surface area contributed by atoms with Crippen molar-refractivity contribution in [1.29, 1.82) is 0 Å². The van der Waals surface area contributed by atoms with Crippen molar-refractivity contribution in [1.82, 2.24) is 9.88 Å². The lowest BCUT2D eigenvalue weighted by atomic mass is 10.1. The van der Waals surface area contributed by atoms with Crippen molar-refractivity contribution in [2.24, 2.45) is 0 Å². The van der Waals surface area contributed by atoms with Crippen molar-refractivity contribution in [2.45, 2.75) is 32.4 Å². The number of carbonyl (C=O) groups excluding carboxylic acids is 1. The molecule has 1 aromatic carbocycles. The molecular formula is C18H19ClN2O4. The van der Waals surface area contributed by atoms with Crippen LogP contribution in [0.5, 0.6) is 11.5 Å². The number of carbonyl (C=O) groups is 1. The van der Waals surface area contributed by atoms with Gasteiger partial charge in [-0.15, -0.1) is 0 Å². The minimum Gasteiger partial charge on any atom is -0.454 e. The van der Waals surface area contributed by atoms with Crippen molar-refractivity contribution in [3.05, 3.63) is 28.9 Å². The molecule has 6 nitrogen and oxygen atoms in total. The number of pyridine rings is 1. The van der Waals surface area contributed by atoms with Gasteiger partial charge >= 0.3 is 0 Å². The number of hydrogen-bond acceptors (Lipinski definition) is 5. The summed E-state index contributed by atoms with van der Waals surface area (Å²) in [6.45, 7) is 3.53. The van der Waals surface area contributed by atoms with Crippen molar-refractivity contribution in [2.75, 3.05) is 19.9 Å². The predicted molar refractivity (Wildman–Crippen MR) is 92.9 cm³/mol. The number of amides is 1. The van der Waals surface area contributed by atoms with E-state index in [1.54, 1.807) is 11.8 Å². The van der Waals surface area contributed by atoms with Crippen molar-refractivity contribution >= 4 is 28.4 Å². The van der Waals surface area contributed by atoms with Crippen LogP contribution in [0.4, 0.5) is 0 Å². The molecule has 0 unspecified atom stereocenters. The number of fused-ring (bicyclic) bond motifs is 2. The van der Waals surface area contributed by atoms with Crippen LogP contribution in [0, 0.1) is 0 Å². The maximum absolute atomic E-state index is 12.0. The van der Waals surface area contributed by atoms with Crippen molar-refractivity contribution in [3.63, 3.8) is 0 Å². The zero-order chi connectivity index (χ0) is 17.4. The fraction of sp³-hybridized carbons (Fsp3) is 0.444. The van der Waals surface area contributed by atoms with Crippen LogP contribution in [0.25, 0.3) is 10.9 Å². The van der Waals surface area contributed by atoms with Gasteiger partial charge in [0.1, 0.15) is 5.15 Å². The lowest BCUT2D eigenvalue weighted by molar-refractivity contribution is -0.131. The van der Waals surface area contributed by atoms with E-state index >= 15 is 0 Å². The highest BCUT2D eigenvalue weighted by Crippen LogP contribution is 2.36. The Balaban J connectivity index is 1.61. The summed E-state index contributed by atoms with van der Waals surface area (Å²) in [6.07, 6.45) is 2.13. The zero-order valence-electron chi connectivity index (χ0n) is 14.0. The minimum absolute atomic E-state index is 0.00245. The van der Waals surface area contributed by atoms with Gasteiger partial charge in [0.15, 0.2) is 11.5 Å². The molecule has 2 aromatic rings. The van der Waals surface area contributed by atoms with Crippen LogP contribution in [0.2, 0.25) is 5.15 Å². The summed E-state index contributed by atoms with van der Waals surface area (Å²) in [6, 6.07) is 5.67. The number of hydrogen-bond donors (Lipinski definition) is 0. The number of benzene rings is 1. The predicted octanol–water partition coefficient (Wildman–Crippen LogP) is 3.14. The molecule has 25 heavy (non-hydrogen) atoms. The van der Waals surface area contributed by atoms with Gasteiger partial charge in [-0.25, -0.2) is 4.98 Å². The Kier molecular flexibility index (Phi) is 4.39. The standard InChI is InChI=1S/C18H19ClN2O4/c1-11(22)21(9-14-3-2-4-23-14)8-13-5-12-6-16-17(25-10-24-16)7-15(12)20-18(13)19/h5-7,14H,2-4,8-10H2,1H3/t14-/m1/s1. The molecule has 132 valence electrons. The number of nitrogens with zero attached hydrogens (tertiary/aromatic N) is 2. The summed E-state index contributed by atoms with van der Waals surface area (Å²) in [5, 5.41) is 1.30. The van der Waals surface area contributed by atoms with Gasteiger partial charge in [-0.05, 0) is 25.0 Å². The van der Waals surface area contributed by atoms with Gasteiger partial charge in [0.05, 0.1) is 11.6 Å². The second kappa shape index (κ2) is 6.69. The molecule has 2 aliphatic rings. The highest BCUT2D eigenvalue weighted by molar-refractivity contribution is 6.30. The fourth-order valence-corrected chi connectivity index (χ4v) is 3.44. The lowest BCUT2D eigenvalue weighted by Gasteiger charge is -2.24. The molecule has 1 saturated heterocycles. The number of halogens is 1. The molecule has 1 aromatic heterocycles. The topological polar surface area (TPSA) is 60.9 Å². The maximum Gasteiger partial charge on any atom is 0.231 e. The SMILES string of the molecule is CC(=O)N(Cc1cc2cc3c(cc2nc1Cl)OCO3)C[C@H]1CCCO1. The molecule has 3 heterocycles. The summed E-state index contributed by atoms with van der Waals surface area (Å²) in [5.41, 5.74) is 1.55. The van der Waals surface area contributed by atoms with Gasteiger partial charge in [0.25, 0.3) is 0 Å². The first-order valence-corrected chi connectivity index (χ1v) is 8.74. The first-order chi connectivity index (χ1) is 12.1. The highest BCUT2D eigenvalue weighted by Gasteiger charge is 2.22. The molecule has 0 radical (unpaired) electrons. The monoisotopic (exact) mass is 362 g/mol. The number of rotatable bonds is 4. The smallest absolute Gasteiger partial charge is 0.231 e. The second-order valence-corrected chi connectivity index (χ2v) is 6.73. The van der Waals surface area contributed by atoms with Crippen LogP contribution in [-0.2, 0) is 16.1 Å². The van der Waals surface area contributed by atoms with E-state index in [2.05, 4.69) is 4.98 Å². The molecule has 4 rings (SSSR count). The molecule has 0 bridgehead atoms. The Hall–Kier alpha value is -2.05. The quantitative estimate of drug-likeness (QED) is 0.782. The number of ether oxygens (including phenoxy) is 3. The fourth-order valence-electron chi connectivity index (χ4n) is 3.24. The van der Waals surface area contributed by atoms with E-state index < -0.39 is 0 Å². The Morgan fingerprint density at radius 1 is 1.32 bits per heavy atom. The molecule has 1 amide bonds. The van der Waals surface area contributed by atoms with E-state index in [0.717, 1.165) is 35.9 Å². The average molecular weight is 363 g/mol. The summed E-state index contributed by atoms with van der Waals surface area (Å²) in [4.78, 5) is 18.3. The summed E-state index contributed by atoms with van der Waals surface area (Å²) in [5.74, 6) is 1.37. The first-order valence-electron chi connectivity index (χ1n) is 8.36. The number of aromatic nitrogens is 1. The zero-order valence-corrected chi connectivity index (χ0v) is 14.7. The van der Waals surface area contributed by atoms with Crippen LogP contribution >= 0.6 is 11.6 Å². The highest BCUT2D eigenvalue weighted by atomic mass is 35.5. The van der Waals surface area contributed by atoms with Gasteiger partial charge in [-0.3, -0.25) is 4.79 Å². The minimum atomic E-state index is -0.00245. The Morgan fingerprint density at radius 3 is 2.84 bits per heavy atom. The normalized spacial score (nSPS) is 18.7. The van der Waals surface area contributed by atoms with Crippen LogP contribution in [0.3, 0.4) is 0 Å². The van der Waals surface area contributed by atoms with Crippen LogP contribution in [0.1, 0.15) is 25.3 Å². The molecule has 2 aliphatic heterocycles. The Morgan fingerprint density at radius 2 is 2.12 bits per heavy atom. The average Bonchev–Trinajstić information content (AvgIpc) is 3.23. The molecular weight excluding hydrogens is 344 g/mol. The Bertz CT molecular complexity index is 820. The first kappa shape index (κ1) is 16.4. The Labute approximate surface area is 150 Å². The van der Waals surface area contributed by atoms with Crippen molar-refractivity contribution in [3.8, 4) is 11.5 Å². The van der Waals surface area contributed by atoms with Gasteiger partial charge in [0, 0.05) is 43.6 Å². The third-order valence-corrected chi connectivity index (χ3v) is 4.92. The molecule has 0 saturated carbocycles. The maximum atomic E-state index is 12.0. The molecule has 1 fully saturated rings. The molecule has 0 N–H and O–H groups in total. The third-order valence-electron chi connectivity index (χ3n) is 4.59. The molecule has 1 atom stereocenters. The van der Waals surface area contributed by atoms with Gasteiger partial charge in [-0.1, -0.05) is 11.6 Å². The van der Waals surface area contributed by atoms with Crippen LogP contribution in [0.15, 0.2) is 18.2 Å². The van der Waals surface area contributed by atoms with E-state index in [-0.39, 0.29) is 18.8 Å². The summed E-state index contributed by atoms with van der Waals surface area (Å²) in [7, 11) is 0. The lowest BCUT2D eigenvalue weighted by Crippen LogP contribution is -2.35.